The molecule has 3 aromatic rings. The number of carbonyl (C=O) groups excluding carboxylic acids is 1. The zero-order chi connectivity index (χ0) is 19.2. The van der Waals surface area contributed by atoms with Gasteiger partial charge in [-0.25, -0.2) is 5.43 Å². The average Bonchev–Trinajstić information content (AvgIpc) is 3.14. The van der Waals surface area contributed by atoms with Crippen LogP contribution in [-0.4, -0.2) is 32.3 Å². The Bertz CT molecular complexity index is 925. The van der Waals surface area contributed by atoms with Crippen LogP contribution in [0.15, 0.2) is 58.0 Å². The first kappa shape index (κ1) is 18.5. The van der Waals surface area contributed by atoms with Crippen LogP contribution in [0.3, 0.4) is 0 Å². The molecule has 1 heterocycles. The molecule has 1 N–H and O–H groups in total. The van der Waals surface area contributed by atoms with E-state index in [1.165, 1.54) is 0 Å². The van der Waals surface area contributed by atoms with Gasteiger partial charge in [0.25, 0.3) is 0 Å². The van der Waals surface area contributed by atoms with Crippen molar-refractivity contribution in [1.82, 2.24) is 5.43 Å². The molecule has 0 saturated carbocycles. The predicted octanol–water partition coefficient (Wildman–Crippen LogP) is 4.05. The van der Waals surface area contributed by atoms with E-state index in [0.29, 0.717) is 11.3 Å². The fraction of sp³-hybridized carbons (Fsp3) is 0.238. The monoisotopic (exact) mass is 365 g/mol. The lowest BCUT2D eigenvalue weighted by molar-refractivity contribution is 0.0929. The standard InChI is InChI=1S/C21H23N3O3/c1-4-24(5-2)17-11-10-16(19(13-17)26-3)14-22-23-21(25)20-12-15-8-6-7-9-18(15)27-20/h6-14H,4-5H2,1-3H3,(H,23,25)/b22-14+. The number of hydrogen-bond donors (Lipinski definition) is 1. The number of benzene rings is 2. The predicted molar refractivity (Wildman–Crippen MR) is 108 cm³/mol. The van der Waals surface area contributed by atoms with E-state index in [1.807, 2.05) is 42.5 Å². The molecular weight excluding hydrogens is 342 g/mol. The Morgan fingerprint density at radius 2 is 1.96 bits per heavy atom. The maximum Gasteiger partial charge on any atom is 0.307 e. The van der Waals surface area contributed by atoms with Gasteiger partial charge in [-0.2, -0.15) is 5.10 Å². The minimum atomic E-state index is -0.402. The molecule has 27 heavy (non-hydrogen) atoms. The van der Waals surface area contributed by atoms with Crippen LogP contribution in [-0.2, 0) is 0 Å². The van der Waals surface area contributed by atoms with Crippen LogP contribution in [0.25, 0.3) is 11.0 Å². The number of para-hydroxylation sites is 1. The molecule has 0 saturated heterocycles. The lowest BCUT2D eigenvalue weighted by atomic mass is 10.2. The molecule has 2 aromatic carbocycles. The van der Waals surface area contributed by atoms with Crippen LogP contribution in [0.5, 0.6) is 5.75 Å². The number of nitrogens with one attached hydrogen (secondary N) is 1. The zero-order valence-corrected chi connectivity index (χ0v) is 15.7. The van der Waals surface area contributed by atoms with Gasteiger partial charge in [0.2, 0.25) is 0 Å². The summed E-state index contributed by atoms with van der Waals surface area (Å²) in [7, 11) is 1.62. The molecule has 0 unspecified atom stereocenters. The first-order valence-electron chi connectivity index (χ1n) is 8.91. The highest BCUT2D eigenvalue weighted by atomic mass is 16.5. The minimum absolute atomic E-state index is 0.220. The van der Waals surface area contributed by atoms with Crippen molar-refractivity contribution in [3.63, 3.8) is 0 Å². The highest BCUT2D eigenvalue weighted by Crippen LogP contribution is 2.24. The van der Waals surface area contributed by atoms with E-state index in [4.69, 9.17) is 9.15 Å². The Hall–Kier alpha value is -3.28. The first-order valence-corrected chi connectivity index (χ1v) is 8.91. The molecular formula is C21H23N3O3. The molecule has 3 rings (SSSR count). The third-order valence-electron chi connectivity index (χ3n) is 4.36. The van der Waals surface area contributed by atoms with Crippen LogP contribution >= 0.6 is 0 Å². The van der Waals surface area contributed by atoms with E-state index in [-0.39, 0.29) is 5.76 Å². The first-order chi connectivity index (χ1) is 13.2. The van der Waals surface area contributed by atoms with Gasteiger partial charge in [-0.3, -0.25) is 4.79 Å². The number of rotatable bonds is 7. The zero-order valence-electron chi connectivity index (χ0n) is 15.7. The van der Waals surface area contributed by atoms with Crippen molar-refractivity contribution in [3.05, 3.63) is 59.9 Å². The normalized spacial score (nSPS) is 11.1. The van der Waals surface area contributed by atoms with Gasteiger partial charge < -0.3 is 14.1 Å². The number of fused-ring (bicyclic) bond motifs is 1. The van der Waals surface area contributed by atoms with Gasteiger partial charge in [0.05, 0.1) is 13.3 Å². The summed E-state index contributed by atoms with van der Waals surface area (Å²) >= 11 is 0. The van der Waals surface area contributed by atoms with Crippen molar-refractivity contribution in [2.75, 3.05) is 25.1 Å². The van der Waals surface area contributed by atoms with Crippen LogP contribution in [0, 0.1) is 0 Å². The molecule has 6 heteroatoms. The van der Waals surface area contributed by atoms with Gasteiger partial charge in [-0.1, -0.05) is 18.2 Å². The molecule has 0 aliphatic rings. The number of methoxy groups -OCH3 is 1. The fourth-order valence-electron chi connectivity index (χ4n) is 2.90. The highest BCUT2D eigenvalue weighted by molar-refractivity contribution is 5.96. The summed E-state index contributed by atoms with van der Waals surface area (Å²) in [5, 5.41) is 4.91. The van der Waals surface area contributed by atoms with Crippen molar-refractivity contribution in [3.8, 4) is 5.75 Å². The summed E-state index contributed by atoms with van der Waals surface area (Å²) in [5.74, 6) is 0.513. The average molecular weight is 365 g/mol. The Morgan fingerprint density at radius 1 is 1.19 bits per heavy atom. The van der Waals surface area contributed by atoms with Crippen molar-refractivity contribution >= 4 is 28.8 Å². The summed E-state index contributed by atoms with van der Waals surface area (Å²) in [6.07, 6.45) is 1.56. The number of ether oxygens (including phenoxy) is 1. The molecule has 0 radical (unpaired) electrons. The quantitative estimate of drug-likeness (QED) is 0.507. The molecule has 0 bridgehead atoms. The van der Waals surface area contributed by atoms with Gasteiger partial charge in [0.15, 0.2) is 5.76 Å². The van der Waals surface area contributed by atoms with Crippen molar-refractivity contribution in [2.45, 2.75) is 13.8 Å². The molecule has 6 nitrogen and oxygen atoms in total. The molecule has 0 fully saturated rings. The summed E-state index contributed by atoms with van der Waals surface area (Å²) in [6, 6.07) is 15.1. The van der Waals surface area contributed by atoms with Crippen molar-refractivity contribution < 1.29 is 13.9 Å². The van der Waals surface area contributed by atoms with Crippen LogP contribution < -0.4 is 15.1 Å². The lowest BCUT2D eigenvalue weighted by Crippen LogP contribution is -2.21. The summed E-state index contributed by atoms with van der Waals surface area (Å²) in [5.41, 5.74) is 5.02. The van der Waals surface area contributed by atoms with Crippen molar-refractivity contribution in [1.29, 1.82) is 0 Å². The molecule has 0 aliphatic carbocycles. The van der Waals surface area contributed by atoms with Gasteiger partial charge in [0, 0.05) is 35.8 Å². The minimum Gasteiger partial charge on any atom is -0.496 e. The van der Waals surface area contributed by atoms with E-state index < -0.39 is 5.91 Å². The Balaban J connectivity index is 1.72. The second kappa shape index (κ2) is 8.40. The molecule has 0 atom stereocenters. The number of carbonyl (C=O) groups is 1. The van der Waals surface area contributed by atoms with E-state index >= 15 is 0 Å². The molecule has 1 amide bonds. The maximum absolute atomic E-state index is 12.2. The topological polar surface area (TPSA) is 67.1 Å². The van der Waals surface area contributed by atoms with Gasteiger partial charge in [-0.15, -0.1) is 0 Å². The van der Waals surface area contributed by atoms with E-state index in [9.17, 15) is 4.79 Å². The largest absolute Gasteiger partial charge is 0.496 e. The van der Waals surface area contributed by atoms with Gasteiger partial charge in [-0.05, 0) is 38.1 Å². The number of hydrogen-bond acceptors (Lipinski definition) is 5. The highest BCUT2D eigenvalue weighted by Gasteiger charge is 2.11. The summed E-state index contributed by atoms with van der Waals surface area (Å²) in [6.45, 7) is 6.05. The number of hydrazone groups is 1. The van der Waals surface area contributed by atoms with E-state index in [2.05, 4.69) is 29.3 Å². The lowest BCUT2D eigenvalue weighted by Gasteiger charge is -2.21. The number of amides is 1. The second-order valence-corrected chi connectivity index (χ2v) is 5.95. The molecule has 0 spiro atoms. The SMILES string of the molecule is CCN(CC)c1ccc(/C=N/NC(=O)c2cc3ccccc3o2)c(OC)c1. The van der Waals surface area contributed by atoms with E-state index in [1.54, 1.807) is 19.4 Å². The molecule has 140 valence electrons. The van der Waals surface area contributed by atoms with Crippen LogP contribution in [0.1, 0.15) is 30.0 Å². The van der Waals surface area contributed by atoms with Crippen LogP contribution in [0.4, 0.5) is 5.69 Å². The summed E-state index contributed by atoms with van der Waals surface area (Å²) < 4.78 is 11.0. The van der Waals surface area contributed by atoms with Gasteiger partial charge in [0.1, 0.15) is 11.3 Å². The second-order valence-electron chi connectivity index (χ2n) is 5.95. The summed E-state index contributed by atoms with van der Waals surface area (Å²) in [4.78, 5) is 14.5. The Labute approximate surface area is 158 Å². The fourth-order valence-corrected chi connectivity index (χ4v) is 2.90. The third-order valence-corrected chi connectivity index (χ3v) is 4.36. The number of anilines is 1. The number of nitrogens with zero attached hydrogens (tertiary/aromatic N) is 2. The third kappa shape index (κ3) is 4.11. The van der Waals surface area contributed by atoms with Crippen LogP contribution in [0.2, 0.25) is 0 Å². The molecule has 1 aromatic heterocycles. The Kier molecular flexibility index (Phi) is 5.76. The van der Waals surface area contributed by atoms with Gasteiger partial charge >= 0.3 is 5.91 Å². The smallest absolute Gasteiger partial charge is 0.307 e. The maximum atomic E-state index is 12.2. The van der Waals surface area contributed by atoms with Crippen molar-refractivity contribution in [2.24, 2.45) is 5.10 Å². The molecule has 0 aliphatic heterocycles. The van der Waals surface area contributed by atoms with E-state index in [0.717, 1.165) is 29.7 Å². The number of furan rings is 1. The Morgan fingerprint density at radius 3 is 2.67 bits per heavy atom.